The third kappa shape index (κ3) is 3.20. The van der Waals surface area contributed by atoms with Crippen molar-refractivity contribution in [1.29, 1.82) is 0 Å². The van der Waals surface area contributed by atoms with Gasteiger partial charge in [0.05, 0.1) is 19.3 Å². The third-order valence-electron chi connectivity index (χ3n) is 5.57. The van der Waals surface area contributed by atoms with Crippen LogP contribution >= 0.6 is 0 Å². The van der Waals surface area contributed by atoms with Gasteiger partial charge in [-0.25, -0.2) is 0 Å². The van der Waals surface area contributed by atoms with Crippen molar-refractivity contribution >= 4 is 0 Å². The highest BCUT2D eigenvalue weighted by Gasteiger charge is 2.38. The minimum absolute atomic E-state index is 0.0171. The Hall–Kier alpha value is -0.940. The highest BCUT2D eigenvalue weighted by molar-refractivity contribution is 5.26. The molecule has 22 heavy (non-hydrogen) atoms. The molecule has 0 spiro atoms. The van der Waals surface area contributed by atoms with Crippen LogP contribution in [0.4, 0.5) is 0 Å². The van der Waals surface area contributed by atoms with Crippen LogP contribution in [0.25, 0.3) is 0 Å². The monoisotopic (exact) mass is 304 g/mol. The largest absolute Gasteiger partial charge is 0.391 e. The van der Waals surface area contributed by atoms with E-state index < -0.39 is 0 Å². The van der Waals surface area contributed by atoms with Crippen molar-refractivity contribution in [2.24, 2.45) is 5.73 Å². The van der Waals surface area contributed by atoms with Gasteiger partial charge in [0.25, 0.3) is 0 Å². The Morgan fingerprint density at radius 1 is 1.14 bits per heavy atom. The maximum absolute atomic E-state index is 10.7. The summed E-state index contributed by atoms with van der Waals surface area (Å²) < 4.78 is 5.45. The molecule has 0 amide bonds. The molecule has 1 aromatic carbocycles. The summed E-state index contributed by atoms with van der Waals surface area (Å²) >= 11 is 0. The molecule has 0 aromatic heterocycles. The van der Waals surface area contributed by atoms with Crippen molar-refractivity contribution in [1.82, 2.24) is 4.90 Å². The van der Waals surface area contributed by atoms with Gasteiger partial charge in [-0.2, -0.15) is 0 Å². The van der Waals surface area contributed by atoms with Crippen LogP contribution in [0.1, 0.15) is 31.2 Å². The molecule has 4 nitrogen and oxygen atoms in total. The number of hydrogen-bond acceptors (Lipinski definition) is 4. The van der Waals surface area contributed by atoms with E-state index in [9.17, 15) is 5.11 Å². The molecule has 2 aliphatic rings. The summed E-state index contributed by atoms with van der Waals surface area (Å²) in [5.41, 5.74) is 7.54. The molecule has 122 valence electrons. The van der Waals surface area contributed by atoms with Crippen molar-refractivity contribution in [3.63, 3.8) is 0 Å². The van der Waals surface area contributed by atoms with Crippen molar-refractivity contribution < 1.29 is 9.84 Å². The predicted octanol–water partition coefficient (Wildman–Crippen LogP) is 1.52. The highest BCUT2D eigenvalue weighted by Crippen LogP contribution is 2.38. The first-order chi connectivity index (χ1) is 10.7. The summed E-state index contributed by atoms with van der Waals surface area (Å²) in [6.45, 7) is 4.08. The predicted molar refractivity (Wildman–Crippen MR) is 87.8 cm³/mol. The van der Waals surface area contributed by atoms with Crippen LogP contribution in [0.15, 0.2) is 30.3 Å². The Labute approximate surface area is 133 Å². The lowest BCUT2D eigenvalue weighted by Crippen LogP contribution is -2.48. The van der Waals surface area contributed by atoms with Crippen molar-refractivity contribution in [3.8, 4) is 0 Å². The zero-order valence-corrected chi connectivity index (χ0v) is 13.3. The number of benzene rings is 1. The number of morpholine rings is 1. The lowest BCUT2D eigenvalue weighted by Gasteiger charge is -2.36. The number of nitrogens with two attached hydrogens (primary N) is 1. The number of nitrogens with zero attached hydrogens (tertiary/aromatic N) is 1. The molecule has 1 aromatic rings. The number of aliphatic hydroxyl groups is 1. The summed E-state index contributed by atoms with van der Waals surface area (Å²) in [4.78, 5) is 2.41. The van der Waals surface area contributed by atoms with Crippen LogP contribution in [-0.2, 0) is 10.2 Å². The zero-order chi connectivity index (χ0) is 15.4. The van der Waals surface area contributed by atoms with Crippen LogP contribution in [-0.4, -0.2) is 55.0 Å². The van der Waals surface area contributed by atoms with E-state index in [4.69, 9.17) is 10.5 Å². The first-order valence-electron chi connectivity index (χ1n) is 8.51. The molecule has 1 saturated heterocycles. The van der Waals surface area contributed by atoms with Crippen molar-refractivity contribution in [3.05, 3.63) is 35.9 Å². The second-order valence-electron chi connectivity index (χ2n) is 6.71. The molecule has 4 heteroatoms. The van der Waals surface area contributed by atoms with Gasteiger partial charge in [-0.15, -0.1) is 0 Å². The van der Waals surface area contributed by atoms with Gasteiger partial charge in [0.15, 0.2) is 0 Å². The van der Waals surface area contributed by atoms with Gasteiger partial charge in [-0.3, -0.25) is 4.90 Å². The van der Waals surface area contributed by atoms with Crippen molar-refractivity contribution in [2.75, 3.05) is 32.8 Å². The van der Waals surface area contributed by atoms with E-state index in [1.807, 2.05) is 0 Å². The molecule has 3 atom stereocenters. The normalized spacial score (nSPS) is 34.3. The lowest BCUT2D eigenvalue weighted by molar-refractivity contribution is -0.0236. The van der Waals surface area contributed by atoms with Gasteiger partial charge >= 0.3 is 0 Å². The molecule has 2 fully saturated rings. The lowest BCUT2D eigenvalue weighted by atomic mass is 9.74. The van der Waals surface area contributed by atoms with Crippen LogP contribution in [0, 0.1) is 0 Å². The summed E-state index contributed by atoms with van der Waals surface area (Å²) in [7, 11) is 0. The Balaban J connectivity index is 1.77. The van der Waals surface area contributed by atoms with E-state index in [1.54, 1.807) is 0 Å². The molecule has 0 unspecified atom stereocenters. The van der Waals surface area contributed by atoms with E-state index in [-0.39, 0.29) is 17.6 Å². The molecule has 3 rings (SSSR count). The highest BCUT2D eigenvalue weighted by atomic mass is 16.5. The maximum atomic E-state index is 10.7. The SMILES string of the molecule is NC[C@]1(c2ccccc2)CC[C@H](O)[C@@H](N2CCOCC2)CC1. The molecule has 0 bridgehead atoms. The van der Waals surface area contributed by atoms with Gasteiger partial charge in [-0.05, 0) is 31.2 Å². The Morgan fingerprint density at radius 2 is 1.82 bits per heavy atom. The van der Waals surface area contributed by atoms with Crippen LogP contribution in [0.3, 0.4) is 0 Å². The second-order valence-corrected chi connectivity index (χ2v) is 6.71. The third-order valence-corrected chi connectivity index (χ3v) is 5.57. The summed E-state index contributed by atoms with van der Waals surface area (Å²) in [6, 6.07) is 10.9. The first kappa shape index (κ1) is 15.9. The fraction of sp³-hybridized carbons (Fsp3) is 0.667. The molecule has 1 heterocycles. The maximum Gasteiger partial charge on any atom is 0.0695 e. The molecule has 1 aliphatic carbocycles. The number of ether oxygens (including phenoxy) is 1. The Kier molecular flexibility index (Phi) is 5.14. The summed E-state index contributed by atoms with van der Waals surface area (Å²) in [6.07, 6.45) is 3.60. The van der Waals surface area contributed by atoms with Gasteiger partial charge in [0.1, 0.15) is 0 Å². The van der Waals surface area contributed by atoms with Crippen LogP contribution < -0.4 is 5.73 Å². The Morgan fingerprint density at radius 3 is 2.50 bits per heavy atom. The van der Waals surface area contributed by atoms with Gasteiger partial charge < -0.3 is 15.6 Å². The molecule has 1 aliphatic heterocycles. The fourth-order valence-electron chi connectivity index (χ4n) is 4.10. The first-order valence-corrected chi connectivity index (χ1v) is 8.51. The molecule has 0 radical (unpaired) electrons. The fourth-order valence-corrected chi connectivity index (χ4v) is 4.10. The van der Waals surface area contributed by atoms with E-state index in [0.717, 1.165) is 52.0 Å². The quantitative estimate of drug-likeness (QED) is 0.831. The average molecular weight is 304 g/mol. The summed E-state index contributed by atoms with van der Waals surface area (Å²) in [5, 5.41) is 10.7. The molecule has 1 saturated carbocycles. The smallest absolute Gasteiger partial charge is 0.0695 e. The average Bonchev–Trinajstić information content (AvgIpc) is 2.76. The minimum Gasteiger partial charge on any atom is -0.391 e. The Bertz CT molecular complexity index is 461. The molecular formula is C18H28N2O2. The van der Waals surface area contributed by atoms with E-state index in [1.165, 1.54) is 5.56 Å². The number of rotatable bonds is 3. The number of hydrogen-bond donors (Lipinski definition) is 2. The van der Waals surface area contributed by atoms with Crippen LogP contribution in [0.2, 0.25) is 0 Å². The topological polar surface area (TPSA) is 58.7 Å². The number of aliphatic hydroxyl groups excluding tert-OH is 1. The van der Waals surface area contributed by atoms with Crippen LogP contribution in [0.5, 0.6) is 0 Å². The minimum atomic E-state index is -0.254. The molecule has 3 N–H and O–H groups in total. The van der Waals surface area contributed by atoms with E-state index >= 15 is 0 Å². The standard InChI is InChI=1S/C18H28N2O2/c19-14-18(15-4-2-1-3-5-15)8-6-16(17(21)7-9-18)20-10-12-22-13-11-20/h1-5,16-17,21H,6-14,19H2/t16-,17-,18+/m0/s1. The summed E-state index contributed by atoms with van der Waals surface area (Å²) in [5.74, 6) is 0. The molecular weight excluding hydrogens is 276 g/mol. The van der Waals surface area contributed by atoms with Crippen molar-refractivity contribution in [2.45, 2.75) is 43.2 Å². The van der Waals surface area contributed by atoms with Gasteiger partial charge in [0.2, 0.25) is 0 Å². The van der Waals surface area contributed by atoms with E-state index in [2.05, 4.69) is 35.2 Å². The zero-order valence-electron chi connectivity index (χ0n) is 13.3. The van der Waals surface area contributed by atoms with Gasteiger partial charge in [-0.1, -0.05) is 30.3 Å². The second kappa shape index (κ2) is 7.09. The van der Waals surface area contributed by atoms with Gasteiger partial charge in [0, 0.05) is 31.1 Å². The van der Waals surface area contributed by atoms with E-state index in [0.29, 0.717) is 6.54 Å².